The summed E-state index contributed by atoms with van der Waals surface area (Å²) in [6.07, 6.45) is -2.36. The number of anilines is 1. The van der Waals surface area contributed by atoms with Gasteiger partial charge in [-0.2, -0.15) is 13.2 Å². The van der Waals surface area contributed by atoms with Crippen molar-refractivity contribution in [2.24, 2.45) is 0 Å². The average molecular weight is 433 g/mol. The van der Waals surface area contributed by atoms with Gasteiger partial charge < -0.3 is 10.1 Å². The number of carbonyl (C=O) groups excluding carboxylic acids is 2. The molecule has 1 aromatic carbocycles. The highest BCUT2D eigenvalue weighted by atomic mass is 19.4. The van der Waals surface area contributed by atoms with E-state index in [1.54, 1.807) is 12.1 Å². The molecule has 2 aromatic rings. The van der Waals surface area contributed by atoms with E-state index in [-0.39, 0.29) is 29.2 Å². The van der Waals surface area contributed by atoms with E-state index in [9.17, 15) is 22.8 Å². The molecule has 6 nitrogen and oxygen atoms in total. The maximum atomic E-state index is 12.7. The van der Waals surface area contributed by atoms with Crippen molar-refractivity contribution < 1.29 is 27.5 Å². The smallest absolute Gasteiger partial charge is 0.393 e. The summed E-state index contributed by atoms with van der Waals surface area (Å²) >= 11 is 0. The van der Waals surface area contributed by atoms with Gasteiger partial charge in [-0.05, 0) is 40.8 Å². The number of benzene rings is 1. The molecule has 9 heteroatoms. The standard InChI is InChI=1S/C22H22F3N3O3/c1-13-11-28(19-4-5-31-21(19)30)12-16-7-15(2-3-18(13)16)20(29)27-17-6-14(9-26-10-17)8-22(23,24)25/h2-3,6-7,9-10,13,19H,4-5,8,11-12H2,1H3,(H,27,29)/t13-,19?/m0/s1. The zero-order valence-corrected chi connectivity index (χ0v) is 16.9. The number of esters is 1. The number of alkyl halides is 3. The summed E-state index contributed by atoms with van der Waals surface area (Å²) in [6.45, 7) is 3.76. The fourth-order valence-corrected chi connectivity index (χ4v) is 4.24. The maximum absolute atomic E-state index is 12.7. The molecule has 2 atom stereocenters. The largest absolute Gasteiger partial charge is 0.464 e. The molecule has 0 bridgehead atoms. The molecular weight excluding hydrogens is 411 g/mol. The van der Waals surface area contributed by atoms with Crippen LogP contribution in [0.25, 0.3) is 0 Å². The molecule has 1 amide bonds. The minimum Gasteiger partial charge on any atom is -0.464 e. The summed E-state index contributed by atoms with van der Waals surface area (Å²) in [7, 11) is 0. The van der Waals surface area contributed by atoms with Crippen molar-refractivity contribution in [1.29, 1.82) is 0 Å². The Morgan fingerprint density at radius 2 is 2.10 bits per heavy atom. The SMILES string of the molecule is C[C@H]1CN(C2CCOC2=O)Cc2cc(C(=O)Nc3cncc(CC(F)(F)F)c3)ccc21. The van der Waals surface area contributed by atoms with E-state index in [0.29, 0.717) is 25.1 Å². The number of fused-ring (bicyclic) bond motifs is 1. The number of hydrogen-bond acceptors (Lipinski definition) is 5. The van der Waals surface area contributed by atoms with E-state index in [1.807, 2.05) is 6.07 Å². The normalized spacial score (nSPS) is 21.5. The van der Waals surface area contributed by atoms with E-state index in [1.165, 1.54) is 12.3 Å². The third-order valence-corrected chi connectivity index (χ3v) is 5.62. The van der Waals surface area contributed by atoms with Crippen LogP contribution in [0.5, 0.6) is 0 Å². The number of rotatable bonds is 4. The summed E-state index contributed by atoms with van der Waals surface area (Å²) in [4.78, 5) is 30.6. The summed E-state index contributed by atoms with van der Waals surface area (Å²) in [5.41, 5.74) is 2.64. The van der Waals surface area contributed by atoms with E-state index in [2.05, 4.69) is 22.1 Å². The predicted octanol–water partition coefficient (Wildman–Crippen LogP) is 3.67. The monoisotopic (exact) mass is 433 g/mol. The number of ether oxygens (including phenoxy) is 1. The minimum atomic E-state index is -4.35. The number of amides is 1. The lowest BCUT2D eigenvalue weighted by atomic mass is 9.88. The summed E-state index contributed by atoms with van der Waals surface area (Å²) < 4.78 is 42.9. The van der Waals surface area contributed by atoms with Crippen LogP contribution in [0.2, 0.25) is 0 Å². The minimum absolute atomic E-state index is 0.0244. The zero-order chi connectivity index (χ0) is 22.2. The van der Waals surface area contributed by atoms with Crippen molar-refractivity contribution in [3.8, 4) is 0 Å². The van der Waals surface area contributed by atoms with Crippen molar-refractivity contribution in [3.63, 3.8) is 0 Å². The summed E-state index contributed by atoms with van der Waals surface area (Å²) in [6, 6.07) is 6.39. The highest BCUT2D eigenvalue weighted by Crippen LogP contribution is 2.32. The first kappa shape index (κ1) is 21.3. The Labute approximate surface area is 177 Å². The van der Waals surface area contributed by atoms with Crippen LogP contribution < -0.4 is 5.32 Å². The highest BCUT2D eigenvalue weighted by molar-refractivity contribution is 6.04. The molecule has 1 aromatic heterocycles. The second-order valence-electron chi connectivity index (χ2n) is 8.04. The molecule has 0 saturated carbocycles. The van der Waals surface area contributed by atoms with E-state index < -0.39 is 18.5 Å². The average Bonchev–Trinajstić information content (AvgIpc) is 3.12. The molecule has 4 rings (SSSR count). The second kappa shape index (κ2) is 8.30. The lowest BCUT2D eigenvalue weighted by Crippen LogP contribution is -2.43. The van der Waals surface area contributed by atoms with Crippen LogP contribution in [0.4, 0.5) is 18.9 Å². The van der Waals surface area contributed by atoms with Gasteiger partial charge in [0.2, 0.25) is 0 Å². The zero-order valence-electron chi connectivity index (χ0n) is 16.9. The van der Waals surface area contributed by atoms with E-state index in [0.717, 1.165) is 23.9 Å². The van der Waals surface area contributed by atoms with Gasteiger partial charge in [0, 0.05) is 31.3 Å². The second-order valence-corrected chi connectivity index (χ2v) is 8.04. The number of halogens is 3. The number of nitrogens with zero attached hydrogens (tertiary/aromatic N) is 2. The Kier molecular flexibility index (Phi) is 5.70. The molecule has 31 heavy (non-hydrogen) atoms. The molecule has 1 unspecified atom stereocenters. The molecular formula is C22H22F3N3O3. The summed E-state index contributed by atoms with van der Waals surface area (Å²) in [5.74, 6) is -0.452. The Balaban J connectivity index is 1.50. The third kappa shape index (κ3) is 4.87. The Morgan fingerprint density at radius 1 is 1.29 bits per heavy atom. The summed E-state index contributed by atoms with van der Waals surface area (Å²) in [5, 5.41) is 2.62. The van der Waals surface area contributed by atoms with Crippen LogP contribution in [0, 0.1) is 0 Å². The molecule has 0 aliphatic carbocycles. The van der Waals surface area contributed by atoms with E-state index in [4.69, 9.17) is 4.74 Å². The molecule has 2 aliphatic rings. The maximum Gasteiger partial charge on any atom is 0.393 e. The van der Waals surface area contributed by atoms with E-state index >= 15 is 0 Å². The molecule has 0 spiro atoms. The number of pyridine rings is 1. The fourth-order valence-electron chi connectivity index (χ4n) is 4.24. The van der Waals surface area contributed by atoms with Crippen molar-refractivity contribution in [2.75, 3.05) is 18.5 Å². The van der Waals surface area contributed by atoms with Crippen molar-refractivity contribution in [3.05, 3.63) is 58.9 Å². The molecule has 164 valence electrons. The number of cyclic esters (lactones) is 1. The lowest BCUT2D eigenvalue weighted by molar-refractivity contribution is -0.142. The van der Waals surface area contributed by atoms with Crippen LogP contribution in [0.1, 0.15) is 46.3 Å². The van der Waals surface area contributed by atoms with Gasteiger partial charge in [0.15, 0.2) is 0 Å². The first-order chi connectivity index (χ1) is 14.7. The van der Waals surface area contributed by atoms with Crippen molar-refractivity contribution in [2.45, 2.75) is 44.4 Å². The molecule has 0 radical (unpaired) electrons. The van der Waals surface area contributed by atoms with Gasteiger partial charge in [0.25, 0.3) is 5.91 Å². The van der Waals surface area contributed by atoms with Gasteiger partial charge in [0.1, 0.15) is 6.04 Å². The molecule has 1 fully saturated rings. The van der Waals surface area contributed by atoms with Crippen LogP contribution in [0.15, 0.2) is 36.7 Å². The Bertz CT molecular complexity index is 1010. The van der Waals surface area contributed by atoms with Gasteiger partial charge in [-0.3, -0.25) is 19.5 Å². The third-order valence-electron chi connectivity index (χ3n) is 5.62. The molecule has 2 aliphatic heterocycles. The fraction of sp³-hybridized carbons (Fsp3) is 0.409. The van der Waals surface area contributed by atoms with Gasteiger partial charge in [0.05, 0.1) is 24.9 Å². The number of carbonyl (C=O) groups is 2. The topological polar surface area (TPSA) is 71.5 Å². The molecule has 1 N–H and O–H groups in total. The van der Waals surface area contributed by atoms with Crippen LogP contribution >= 0.6 is 0 Å². The quantitative estimate of drug-likeness (QED) is 0.745. The highest BCUT2D eigenvalue weighted by Gasteiger charge is 2.36. The molecule has 1 saturated heterocycles. The number of nitrogens with one attached hydrogen (secondary N) is 1. The molecule has 3 heterocycles. The van der Waals surface area contributed by atoms with Crippen LogP contribution in [-0.2, 0) is 22.5 Å². The van der Waals surface area contributed by atoms with Crippen LogP contribution in [-0.4, -0.2) is 47.1 Å². The Hall–Kier alpha value is -2.94. The predicted molar refractivity (Wildman–Crippen MR) is 107 cm³/mol. The lowest BCUT2D eigenvalue weighted by Gasteiger charge is -2.35. The van der Waals surface area contributed by atoms with Gasteiger partial charge in [-0.15, -0.1) is 0 Å². The van der Waals surface area contributed by atoms with Crippen LogP contribution in [0.3, 0.4) is 0 Å². The first-order valence-corrected chi connectivity index (χ1v) is 10.0. The van der Waals surface area contributed by atoms with Gasteiger partial charge in [-0.25, -0.2) is 0 Å². The van der Waals surface area contributed by atoms with Gasteiger partial charge in [-0.1, -0.05) is 13.0 Å². The first-order valence-electron chi connectivity index (χ1n) is 10.0. The van der Waals surface area contributed by atoms with Crippen molar-refractivity contribution in [1.82, 2.24) is 9.88 Å². The Morgan fingerprint density at radius 3 is 2.81 bits per heavy atom. The number of aromatic nitrogens is 1. The van der Waals surface area contributed by atoms with Gasteiger partial charge >= 0.3 is 12.1 Å². The number of hydrogen-bond donors (Lipinski definition) is 1. The van der Waals surface area contributed by atoms with Crippen molar-refractivity contribution >= 4 is 17.6 Å².